The van der Waals surface area contributed by atoms with Crippen molar-refractivity contribution < 1.29 is 29.3 Å². The summed E-state index contributed by atoms with van der Waals surface area (Å²) in [5.74, 6) is -0.683. The number of allylic oxidation sites excluding steroid dienone is 3. The van der Waals surface area contributed by atoms with Gasteiger partial charge < -0.3 is 29.5 Å². The van der Waals surface area contributed by atoms with Gasteiger partial charge in [-0.2, -0.15) is 0 Å². The Morgan fingerprint density at radius 3 is 2.50 bits per heavy atom. The number of hydrogen-bond acceptors (Lipinski definition) is 8. The van der Waals surface area contributed by atoms with Crippen LogP contribution in [0, 0.1) is 5.92 Å². The van der Waals surface area contributed by atoms with Crippen LogP contribution in [-0.4, -0.2) is 93.2 Å². The zero-order chi connectivity index (χ0) is 33.1. The van der Waals surface area contributed by atoms with Crippen LogP contribution < -0.4 is 0 Å². The number of carbonyl (C=O) groups is 2. The normalized spacial score (nSPS) is 31.3. The van der Waals surface area contributed by atoms with Crippen LogP contribution in [0.5, 0.6) is 0 Å². The summed E-state index contributed by atoms with van der Waals surface area (Å²) in [6.45, 7) is 11.1. The molecule has 6 atom stereocenters. The Hall–Kier alpha value is -3.01. The molecule has 0 saturated carbocycles. The van der Waals surface area contributed by atoms with E-state index in [1.165, 1.54) is 25.7 Å². The fraction of sp³-hybridized carbons (Fsp3) is 0.649. The quantitative estimate of drug-likeness (QED) is 0.224. The van der Waals surface area contributed by atoms with Crippen LogP contribution in [0.1, 0.15) is 97.1 Å². The second kappa shape index (κ2) is 17.2. The minimum Gasteiger partial charge on any atom is -0.457 e. The molecular formula is C37H55N3O6. The van der Waals surface area contributed by atoms with Gasteiger partial charge in [-0.15, -0.1) is 0 Å². The van der Waals surface area contributed by atoms with Crippen molar-refractivity contribution in [2.24, 2.45) is 5.92 Å². The van der Waals surface area contributed by atoms with E-state index in [1.54, 1.807) is 24.1 Å². The number of aliphatic hydroxyl groups is 2. The molecule has 0 unspecified atom stereocenters. The molecule has 46 heavy (non-hydrogen) atoms. The summed E-state index contributed by atoms with van der Waals surface area (Å²) in [6.07, 6.45) is 15.3. The number of aliphatic hydroxyl groups excluding tert-OH is 1. The highest BCUT2D eigenvalue weighted by Gasteiger charge is 2.37. The molecule has 0 spiro atoms. The van der Waals surface area contributed by atoms with Gasteiger partial charge in [-0.05, 0) is 89.2 Å². The first-order chi connectivity index (χ1) is 22.0. The van der Waals surface area contributed by atoms with Crippen molar-refractivity contribution in [1.82, 2.24) is 14.8 Å². The van der Waals surface area contributed by atoms with Gasteiger partial charge in [0.2, 0.25) is 0 Å². The highest BCUT2D eigenvalue weighted by atomic mass is 16.6. The van der Waals surface area contributed by atoms with Crippen molar-refractivity contribution in [3.05, 3.63) is 66.0 Å². The van der Waals surface area contributed by atoms with Crippen LogP contribution in [0.15, 0.2) is 60.3 Å². The van der Waals surface area contributed by atoms with Crippen LogP contribution in [0.25, 0.3) is 0 Å². The monoisotopic (exact) mass is 637 g/mol. The topological polar surface area (TPSA) is 112 Å². The molecule has 9 nitrogen and oxygen atoms in total. The molecule has 3 aliphatic heterocycles. The first-order valence-corrected chi connectivity index (χ1v) is 17.3. The van der Waals surface area contributed by atoms with Gasteiger partial charge in [0.1, 0.15) is 11.7 Å². The maximum Gasteiger partial charge on any atom is 0.410 e. The number of likely N-dealkylation sites (tertiary alicyclic amines) is 2. The van der Waals surface area contributed by atoms with Crippen LogP contribution in [0.2, 0.25) is 0 Å². The van der Waals surface area contributed by atoms with Crippen molar-refractivity contribution >= 4 is 12.1 Å². The number of nitrogens with zero attached hydrogens (tertiary/aromatic N) is 3. The molecule has 0 aliphatic carbocycles. The van der Waals surface area contributed by atoms with Gasteiger partial charge in [0.15, 0.2) is 6.10 Å². The second-order valence-electron chi connectivity index (χ2n) is 13.7. The lowest BCUT2D eigenvalue weighted by Gasteiger charge is -2.39. The van der Waals surface area contributed by atoms with Crippen molar-refractivity contribution in [3.8, 4) is 0 Å². The number of piperidine rings is 1. The highest BCUT2D eigenvalue weighted by molar-refractivity contribution is 5.70. The molecule has 2 N–H and O–H groups in total. The molecule has 3 aliphatic rings. The number of carbonyl (C=O) groups excluding carboxylic acids is 2. The lowest BCUT2D eigenvalue weighted by molar-refractivity contribution is -0.151. The average molecular weight is 638 g/mol. The minimum atomic E-state index is -1.44. The highest BCUT2D eigenvalue weighted by Crippen LogP contribution is 2.28. The Bertz CT molecular complexity index is 1200. The van der Waals surface area contributed by atoms with E-state index in [0.717, 1.165) is 37.2 Å². The molecule has 2 saturated heterocycles. The summed E-state index contributed by atoms with van der Waals surface area (Å²) in [5.41, 5.74) is 0.349. The van der Waals surface area contributed by atoms with Gasteiger partial charge in [-0.25, -0.2) is 4.79 Å². The molecule has 4 heterocycles. The molecule has 2 fully saturated rings. The first-order valence-electron chi connectivity index (χ1n) is 17.3. The Morgan fingerprint density at radius 2 is 1.83 bits per heavy atom. The number of amides is 1. The molecular weight excluding hydrogens is 582 g/mol. The van der Waals surface area contributed by atoms with Gasteiger partial charge in [-0.1, -0.05) is 57.1 Å². The lowest BCUT2D eigenvalue weighted by atomic mass is 9.88. The van der Waals surface area contributed by atoms with E-state index in [4.69, 9.17) is 9.47 Å². The fourth-order valence-corrected chi connectivity index (χ4v) is 6.72. The molecule has 1 aromatic rings. The Kier molecular flexibility index (Phi) is 13.4. The van der Waals surface area contributed by atoms with Gasteiger partial charge in [0.25, 0.3) is 0 Å². The zero-order valence-electron chi connectivity index (χ0n) is 28.2. The molecule has 0 bridgehead atoms. The van der Waals surface area contributed by atoms with E-state index in [1.807, 2.05) is 56.4 Å². The van der Waals surface area contributed by atoms with Crippen molar-refractivity contribution in [1.29, 1.82) is 0 Å². The van der Waals surface area contributed by atoms with E-state index >= 15 is 0 Å². The summed E-state index contributed by atoms with van der Waals surface area (Å²) in [4.78, 5) is 35.0. The van der Waals surface area contributed by atoms with E-state index in [9.17, 15) is 19.8 Å². The number of cyclic esters (lactones) is 1. The molecule has 254 valence electrons. The fourth-order valence-electron chi connectivity index (χ4n) is 6.72. The molecule has 1 aromatic heterocycles. The zero-order valence-corrected chi connectivity index (χ0v) is 28.2. The Balaban J connectivity index is 1.45. The maximum absolute atomic E-state index is 13.4. The Labute approximate surface area is 275 Å². The SMILES string of the molecule is C/C(=C\C=C\[C@H](C)c1ccccn1)[C@H]1OC(=O)C[C@@H](O)CC[C@](C)(O)[C@@H](OC(=O)N2CCC(N3CCCCCC3)CC2)/C=C\[C@@H]1C. The van der Waals surface area contributed by atoms with E-state index in [2.05, 4.69) is 16.8 Å². The summed E-state index contributed by atoms with van der Waals surface area (Å²) in [6, 6.07) is 6.33. The molecule has 1 amide bonds. The predicted molar refractivity (Wildman–Crippen MR) is 179 cm³/mol. The van der Waals surface area contributed by atoms with Crippen molar-refractivity contribution in [3.63, 3.8) is 0 Å². The standard InChI is InChI=1S/C37H55N3O6/c1-27(32-14-7-8-21-38-32)12-11-13-28(2)35-29(3)15-16-33(37(4,44)20-17-31(41)26-34(42)46-35)45-36(43)40-24-18-30(19-25-40)39-22-9-5-6-10-23-39/h7-8,11-16,21,27,29-31,33,35,41,44H,5-6,9-10,17-20,22-26H2,1-4H3/b12-11+,16-15-,28-13+/t27-,29-,31-,33-,35+,37-/m0/s1. The number of pyridine rings is 1. The summed E-state index contributed by atoms with van der Waals surface area (Å²) < 4.78 is 11.9. The van der Waals surface area contributed by atoms with Gasteiger partial charge in [-0.3, -0.25) is 9.78 Å². The van der Waals surface area contributed by atoms with Crippen LogP contribution in [-0.2, 0) is 14.3 Å². The van der Waals surface area contributed by atoms with Crippen molar-refractivity contribution in [2.75, 3.05) is 26.2 Å². The van der Waals surface area contributed by atoms with E-state index < -0.39 is 36.0 Å². The van der Waals surface area contributed by atoms with Crippen LogP contribution in [0.4, 0.5) is 4.79 Å². The summed E-state index contributed by atoms with van der Waals surface area (Å²) in [7, 11) is 0. The largest absolute Gasteiger partial charge is 0.457 e. The first kappa shape index (κ1) is 35.8. The third kappa shape index (κ3) is 10.5. The number of rotatable bonds is 6. The number of esters is 1. The maximum atomic E-state index is 13.4. The third-order valence-electron chi connectivity index (χ3n) is 9.79. The number of aromatic nitrogens is 1. The van der Waals surface area contributed by atoms with Crippen LogP contribution in [0.3, 0.4) is 0 Å². The van der Waals surface area contributed by atoms with Gasteiger partial charge in [0.05, 0.1) is 12.5 Å². The smallest absolute Gasteiger partial charge is 0.410 e. The minimum absolute atomic E-state index is 0.106. The third-order valence-corrected chi connectivity index (χ3v) is 9.79. The van der Waals surface area contributed by atoms with Gasteiger partial charge in [0, 0.05) is 42.9 Å². The van der Waals surface area contributed by atoms with E-state index in [0.29, 0.717) is 19.1 Å². The average Bonchev–Trinajstić information content (AvgIpc) is 3.34. The van der Waals surface area contributed by atoms with E-state index in [-0.39, 0.29) is 31.1 Å². The molecule has 4 rings (SSSR count). The van der Waals surface area contributed by atoms with Crippen molar-refractivity contribution in [2.45, 2.75) is 121 Å². The lowest BCUT2D eigenvalue weighted by Crippen LogP contribution is -2.49. The second-order valence-corrected chi connectivity index (χ2v) is 13.7. The predicted octanol–water partition coefficient (Wildman–Crippen LogP) is 5.93. The molecule has 9 heteroatoms. The summed E-state index contributed by atoms with van der Waals surface area (Å²) >= 11 is 0. The molecule has 0 aromatic carbocycles. The Morgan fingerprint density at radius 1 is 1.11 bits per heavy atom. The number of hydrogen-bond donors (Lipinski definition) is 2. The van der Waals surface area contributed by atoms with Gasteiger partial charge >= 0.3 is 12.1 Å². The number of ether oxygens (including phenoxy) is 2. The molecule has 0 radical (unpaired) electrons. The summed E-state index contributed by atoms with van der Waals surface area (Å²) in [5, 5.41) is 22.1. The van der Waals surface area contributed by atoms with Crippen LogP contribution >= 0.6 is 0 Å².